The van der Waals surface area contributed by atoms with Crippen LogP contribution in [0.25, 0.3) is 0 Å². The van der Waals surface area contributed by atoms with Crippen LogP contribution in [0.1, 0.15) is 40.0 Å². The highest BCUT2D eigenvalue weighted by Gasteiger charge is 2.45. The van der Waals surface area contributed by atoms with Crippen molar-refractivity contribution in [3.63, 3.8) is 0 Å². The van der Waals surface area contributed by atoms with Gasteiger partial charge in [-0.1, -0.05) is 20.8 Å². The molecule has 2 rings (SSSR count). The minimum atomic E-state index is -1.38. The molecule has 7 atom stereocenters. The lowest BCUT2D eigenvalue weighted by Crippen LogP contribution is -2.59. The van der Waals surface area contributed by atoms with Gasteiger partial charge in [-0.3, -0.25) is 0 Å². The zero-order valence-electron chi connectivity index (χ0n) is 13.0. The van der Waals surface area contributed by atoms with Crippen LogP contribution < -0.4 is 0 Å². The predicted octanol–water partition coefficient (Wildman–Crippen LogP) is 0.0177. The van der Waals surface area contributed by atoms with E-state index in [9.17, 15) is 15.3 Å². The van der Waals surface area contributed by atoms with Crippen LogP contribution in [0.2, 0.25) is 0 Å². The van der Waals surface area contributed by atoms with Crippen LogP contribution in [0, 0.1) is 11.3 Å². The van der Waals surface area contributed by atoms with Crippen molar-refractivity contribution >= 4 is 0 Å². The summed E-state index contributed by atoms with van der Waals surface area (Å²) < 4.78 is 11.2. The Labute approximate surface area is 125 Å². The predicted molar refractivity (Wildman–Crippen MR) is 75.4 cm³/mol. The molecule has 1 unspecified atom stereocenters. The van der Waals surface area contributed by atoms with Gasteiger partial charge in [0.25, 0.3) is 0 Å². The highest BCUT2D eigenvalue weighted by Crippen LogP contribution is 2.41. The lowest BCUT2D eigenvalue weighted by Gasteiger charge is -2.44. The third-order valence-corrected chi connectivity index (χ3v) is 5.24. The molecule has 0 aromatic carbocycles. The monoisotopic (exact) mass is 304 g/mol. The highest BCUT2D eigenvalue weighted by molar-refractivity contribution is 4.90. The van der Waals surface area contributed by atoms with Gasteiger partial charge in [-0.25, -0.2) is 0 Å². The smallest absolute Gasteiger partial charge is 0.186 e. The van der Waals surface area contributed by atoms with Crippen molar-refractivity contribution in [2.75, 3.05) is 6.61 Å². The summed E-state index contributed by atoms with van der Waals surface area (Å²) in [6.45, 7) is 6.23. The number of hydrogen-bond acceptors (Lipinski definition) is 6. The van der Waals surface area contributed by atoms with Crippen LogP contribution in [0.5, 0.6) is 0 Å². The van der Waals surface area contributed by atoms with E-state index in [1.54, 1.807) is 0 Å². The lowest BCUT2D eigenvalue weighted by molar-refractivity contribution is -0.314. The maximum absolute atomic E-state index is 9.98. The van der Waals surface area contributed by atoms with Gasteiger partial charge in [0, 0.05) is 0 Å². The molecule has 1 aliphatic heterocycles. The van der Waals surface area contributed by atoms with E-state index in [2.05, 4.69) is 20.8 Å². The van der Waals surface area contributed by atoms with Crippen molar-refractivity contribution < 1.29 is 29.9 Å². The molecule has 21 heavy (non-hydrogen) atoms. The Morgan fingerprint density at radius 3 is 2.38 bits per heavy atom. The largest absolute Gasteiger partial charge is 0.394 e. The first-order valence-electron chi connectivity index (χ1n) is 7.72. The second-order valence-corrected chi connectivity index (χ2v) is 7.12. The second-order valence-electron chi connectivity index (χ2n) is 7.12. The van der Waals surface area contributed by atoms with Crippen molar-refractivity contribution in [2.45, 2.75) is 76.8 Å². The van der Waals surface area contributed by atoms with Gasteiger partial charge in [0.05, 0.1) is 12.7 Å². The Balaban J connectivity index is 1.96. The molecule has 6 heteroatoms. The van der Waals surface area contributed by atoms with Crippen LogP contribution >= 0.6 is 0 Å². The number of ether oxygens (including phenoxy) is 2. The fourth-order valence-corrected chi connectivity index (χ4v) is 3.10. The minimum Gasteiger partial charge on any atom is -0.394 e. The summed E-state index contributed by atoms with van der Waals surface area (Å²) in [5, 5.41) is 38.6. The van der Waals surface area contributed by atoms with Gasteiger partial charge in [-0.2, -0.15) is 0 Å². The summed E-state index contributed by atoms with van der Waals surface area (Å²) in [4.78, 5) is 0. The fraction of sp³-hybridized carbons (Fsp3) is 1.00. The first kappa shape index (κ1) is 17.1. The number of rotatable bonds is 3. The molecule has 2 fully saturated rings. The standard InChI is InChI=1S/C15H28O6/c1-8-6-9(4-5-15(8,2)3)20-14-13(19)12(18)11(17)10(7-16)21-14/h8-14,16-19H,4-7H2,1-3H3/t8-,9-,10+,11+,12-,13+,14?/m0/s1. The van der Waals surface area contributed by atoms with E-state index in [-0.39, 0.29) is 11.5 Å². The summed E-state index contributed by atoms with van der Waals surface area (Å²) in [7, 11) is 0. The van der Waals surface area contributed by atoms with Gasteiger partial charge < -0.3 is 29.9 Å². The molecule has 1 saturated heterocycles. The van der Waals surface area contributed by atoms with Gasteiger partial charge in [-0.05, 0) is 30.6 Å². The van der Waals surface area contributed by atoms with E-state index < -0.39 is 37.3 Å². The quantitative estimate of drug-likeness (QED) is 0.586. The summed E-state index contributed by atoms with van der Waals surface area (Å²) in [6.07, 6.45) is -3.25. The molecule has 0 aromatic rings. The Bertz CT molecular complexity index is 345. The van der Waals surface area contributed by atoms with Crippen LogP contribution in [-0.4, -0.2) is 63.8 Å². The highest BCUT2D eigenvalue weighted by atomic mass is 16.7. The van der Waals surface area contributed by atoms with Crippen LogP contribution in [-0.2, 0) is 9.47 Å². The summed E-state index contributed by atoms with van der Waals surface area (Å²) >= 11 is 0. The number of aliphatic hydroxyl groups is 4. The normalized spacial score (nSPS) is 47.3. The van der Waals surface area contributed by atoms with E-state index in [0.29, 0.717) is 5.92 Å². The number of hydrogen-bond donors (Lipinski definition) is 4. The van der Waals surface area contributed by atoms with Crippen molar-refractivity contribution in [3.05, 3.63) is 0 Å². The summed E-state index contributed by atoms with van der Waals surface area (Å²) in [6, 6.07) is 0. The molecule has 0 bridgehead atoms. The zero-order valence-corrected chi connectivity index (χ0v) is 13.0. The minimum absolute atomic E-state index is 0.0468. The molecule has 0 radical (unpaired) electrons. The Hall–Kier alpha value is -0.240. The van der Waals surface area contributed by atoms with Gasteiger partial charge in [0.2, 0.25) is 0 Å². The van der Waals surface area contributed by atoms with Gasteiger partial charge in [-0.15, -0.1) is 0 Å². The molecule has 4 N–H and O–H groups in total. The third kappa shape index (κ3) is 3.57. The molecule has 1 aliphatic carbocycles. The Morgan fingerprint density at radius 2 is 1.81 bits per heavy atom. The Kier molecular flexibility index (Phi) is 5.28. The molecule has 124 valence electrons. The molecule has 6 nitrogen and oxygen atoms in total. The second kappa shape index (κ2) is 6.48. The molecule has 0 spiro atoms. The molecule has 2 aliphatic rings. The lowest BCUT2D eigenvalue weighted by atomic mass is 9.69. The van der Waals surface area contributed by atoms with Crippen LogP contribution in [0.15, 0.2) is 0 Å². The van der Waals surface area contributed by atoms with Crippen LogP contribution in [0.3, 0.4) is 0 Å². The van der Waals surface area contributed by atoms with Crippen molar-refractivity contribution in [1.82, 2.24) is 0 Å². The van der Waals surface area contributed by atoms with E-state index in [1.807, 2.05) is 0 Å². The van der Waals surface area contributed by atoms with E-state index in [0.717, 1.165) is 19.3 Å². The molecular weight excluding hydrogens is 276 g/mol. The van der Waals surface area contributed by atoms with Crippen molar-refractivity contribution in [2.24, 2.45) is 11.3 Å². The average Bonchev–Trinajstić information content (AvgIpc) is 2.44. The van der Waals surface area contributed by atoms with E-state index in [4.69, 9.17) is 14.6 Å². The van der Waals surface area contributed by atoms with Gasteiger partial charge in [0.15, 0.2) is 6.29 Å². The Morgan fingerprint density at radius 1 is 1.14 bits per heavy atom. The topological polar surface area (TPSA) is 99.4 Å². The van der Waals surface area contributed by atoms with Gasteiger partial charge in [0.1, 0.15) is 24.4 Å². The van der Waals surface area contributed by atoms with Crippen molar-refractivity contribution in [1.29, 1.82) is 0 Å². The fourth-order valence-electron chi connectivity index (χ4n) is 3.10. The van der Waals surface area contributed by atoms with E-state index in [1.165, 1.54) is 0 Å². The maximum atomic E-state index is 9.98. The molecule has 1 saturated carbocycles. The summed E-state index contributed by atoms with van der Waals surface area (Å²) in [5.74, 6) is 0.487. The SMILES string of the molecule is C[C@H]1C[C@@H](OC2O[C@H](CO)[C@@H](O)[C@H](O)[C@H]2O)CCC1(C)C. The molecular formula is C15H28O6. The van der Waals surface area contributed by atoms with Gasteiger partial charge >= 0.3 is 0 Å². The van der Waals surface area contributed by atoms with E-state index >= 15 is 0 Å². The molecule has 1 heterocycles. The number of aliphatic hydroxyl groups excluding tert-OH is 4. The summed E-state index contributed by atoms with van der Waals surface area (Å²) in [5.41, 5.74) is 0.273. The molecule has 0 aromatic heterocycles. The third-order valence-electron chi connectivity index (χ3n) is 5.24. The maximum Gasteiger partial charge on any atom is 0.186 e. The molecule has 0 amide bonds. The van der Waals surface area contributed by atoms with Crippen molar-refractivity contribution in [3.8, 4) is 0 Å². The first-order chi connectivity index (χ1) is 9.76. The van der Waals surface area contributed by atoms with Crippen LogP contribution in [0.4, 0.5) is 0 Å². The average molecular weight is 304 g/mol. The zero-order chi connectivity index (χ0) is 15.8. The first-order valence-corrected chi connectivity index (χ1v) is 7.72.